The molecular weight excluding hydrogens is 262 g/mol. The van der Waals surface area contributed by atoms with Crippen LogP contribution in [0.2, 0.25) is 0 Å². The molecular formula is C17H25N3O. The monoisotopic (exact) mass is 287 g/mol. The van der Waals surface area contributed by atoms with Crippen LogP contribution < -0.4 is 0 Å². The molecule has 0 fully saturated rings. The van der Waals surface area contributed by atoms with Crippen molar-refractivity contribution in [3.63, 3.8) is 0 Å². The zero-order chi connectivity index (χ0) is 15.2. The summed E-state index contributed by atoms with van der Waals surface area (Å²) in [7, 11) is 2.03. The third kappa shape index (κ3) is 2.64. The molecule has 2 aromatic heterocycles. The second-order valence-electron chi connectivity index (χ2n) is 7.10. The summed E-state index contributed by atoms with van der Waals surface area (Å²) < 4.78 is 4.44. The van der Waals surface area contributed by atoms with Gasteiger partial charge in [0.05, 0.1) is 6.10 Å². The van der Waals surface area contributed by atoms with Crippen LogP contribution in [0.5, 0.6) is 0 Å². The zero-order valence-electron chi connectivity index (χ0n) is 13.4. The maximum atomic E-state index is 10.4. The largest absolute Gasteiger partial charge is 0.388 e. The first-order chi connectivity index (χ1) is 9.87. The van der Waals surface area contributed by atoms with E-state index in [9.17, 15) is 5.11 Å². The van der Waals surface area contributed by atoms with E-state index in [-0.39, 0.29) is 11.5 Å². The maximum Gasteiger partial charge on any atom is 0.110 e. The summed E-state index contributed by atoms with van der Waals surface area (Å²) in [4.78, 5) is 4.40. The van der Waals surface area contributed by atoms with Crippen LogP contribution >= 0.6 is 0 Å². The van der Waals surface area contributed by atoms with Crippen LogP contribution in [0.3, 0.4) is 0 Å². The average Bonchev–Trinajstić information content (AvgIpc) is 2.90. The highest BCUT2D eigenvalue weighted by Crippen LogP contribution is 2.41. The fourth-order valence-electron chi connectivity index (χ4n) is 3.56. The molecule has 0 spiro atoms. The number of aromatic nitrogens is 3. The third-order valence-corrected chi connectivity index (χ3v) is 4.68. The molecule has 4 heteroatoms. The van der Waals surface area contributed by atoms with Crippen molar-refractivity contribution in [1.82, 2.24) is 14.1 Å². The van der Waals surface area contributed by atoms with Crippen molar-refractivity contribution < 1.29 is 5.11 Å². The lowest BCUT2D eigenvalue weighted by Crippen LogP contribution is -2.27. The number of nitrogens with zero attached hydrogens (tertiary/aromatic N) is 3. The summed E-state index contributed by atoms with van der Waals surface area (Å²) in [6.07, 6.45) is 6.32. The topological polar surface area (TPSA) is 43.0 Å². The zero-order valence-corrected chi connectivity index (χ0v) is 13.4. The van der Waals surface area contributed by atoms with Gasteiger partial charge >= 0.3 is 0 Å². The maximum absolute atomic E-state index is 10.4. The molecule has 3 rings (SSSR count). The van der Waals surface area contributed by atoms with E-state index in [1.54, 1.807) is 0 Å². The fraction of sp³-hybridized carbons (Fsp3) is 0.588. The van der Waals surface area contributed by atoms with Crippen molar-refractivity contribution in [2.45, 2.75) is 52.7 Å². The molecule has 114 valence electrons. The SMILES string of the molecule is Cc1cc2c(n1CCc1nccn1C)CC(C)(C)CC2O. The Morgan fingerprint density at radius 2 is 2.19 bits per heavy atom. The van der Waals surface area contributed by atoms with E-state index >= 15 is 0 Å². The molecule has 21 heavy (non-hydrogen) atoms. The summed E-state index contributed by atoms with van der Waals surface area (Å²) in [5.41, 5.74) is 3.85. The first-order valence-corrected chi connectivity index (χ1v) is 7.70. The standard InChI is InChI=1S/C17H25N3O/c1-12-9-13-14(10-17(2,3)11-15(13)21)20(12)7-5-16-18-6-8-19(16)4/h6,8-9,15,21H,5,7,10-11H2,1-4H3. The van der Waals surface area contributed by atoms with E-state index in [2.05, 4.69) is 41.0 Å². The number of fused-ring (bicyclic) bond motifs is 1. The predicted octanol–water partition coefficient (Wildman–Crippen LogP) is 2.78. The van der Waals surface area contributed by atoms with Gasteiger partial charge in [-0.2, -0.15) is 0 Å². The van der Waals surface area contributed by atoms with Gasteiger partial charge in [-0.3, -0.25) is 0 Å². The van der Waals surface area contributed by atoms with Gasteiger partial charge in [-0.25, -0.2) is 4.98 Å². The Kier molecular flexibility index (Phi) is 3.44. The normalized spacial score (nSPS) is 20.5. The van der Waals surface area contributed by atoms with E-state index in [1.807, 2.05) is 19.4 Å². The van der Waals surface area contributed by atoms with Crippen LogP contribution in [0.4, 0.5) is 0 Å². The first-order valence-electron chi connectivity index (χ1n) is 7.70. The molecule has 0 radical (unpaired) electrons. The Morgan fingerprint density at radius 1 is 1.43 bits per heavy atom. The van der Waals surface area contributed by atoms with Crippen molar-refractivity contribution in [3.05, 3.63) is 41.2 Å². The molecule has 2 aromatic rings. The van der Waals surface area contributed by atoms with Gasteiger partial charge in [0.2, 0.25) is 0 Å². The van der Waals surface area contributed by atoms with E-state index in [4.69, 9.17) is 0 Å². The molecule has 0 aliphatic heterocycles. The van der Waals surface area contributed by atoms with Crippen LogP contribution in [-0.4, -0.2) is 19.2 Å². The van der Waals surface area contributed by atoms with Crippen molar-refractivity contribution in [2.75, 3.05) is 0 Å². The second kappa shape index (κ2) is 5.02. The number of aliphatic hydroxyl groups excluding tert-OH is 1. The Morgan fingerprint density at radius 3 is 2.86 bits per heavy atom. The summed E-state index contributed by atoms with van der Waals surface area (Å²) in [6.45, 7) is 7.54. The summed E-state index contributed by atoms with van der Waals surface area (Å²) >= 11 is 0. The molecule has 0 saturated heterocycles. The number of hydrogen-bond donors (Lipinski definition) is 1. The van der Waals surface area contributed by atoms with Crippen LogP contribution in [0, 0.1) is 12.3 Å². The van der Waals surface area contributed by atoms with Gasteiger partial charge in [-0.1, -0.05) is 13.8 Å². The van der Waals surface area contributed by atoms with Crippen LogP contribution in [0.1, 0.15) is 49.1 Å². The minimum absolute atomic E-state index is 0.165. The van der Waals surface area contributed by atoms with Gasteiger partial charge in [-0.15, -0.1) is 0 Å². The van der Waals surface area contributed by atoms with Gasteiger partial charge in [0, 0.05) is 49.4 Å². The molecule has 1 atom stereocenters. The summed E-state index contributed by atoms with van der Waals surface area (Å²) in [6, 6.07) is 2.16. The van der Waals surface area contributed by atoms with Gasteiger partial charge in [-0.05, 0) is 31.2 Å². The third-order valence-electron chi connectivity index (χ3n) is 4.68. The van der Waals surface area contributed by atoms with Crippen molar-refractivity contribution in [1.29, 1.82) is 0 Å². The number of imidazole rings is 1. The molecule has 0 amide bonds. The first kappa shape index (κ1) is 14.4. The van der Waals surface area contributed by atoms with Crippen molar-refractivity contribution >= 4 is 0 Å². The highest BCUT2D eigenvalue weighted by Gasteiger charge is 2.33. The number of aryl methyl sites for hydroxylation is 3. The predicted molar refractivity (Wildman–Crippen MR) is 83.1 cm³/mol. The molecule has 0 bridgehead atoms. The van der Waals surface area contributed by atoms with Crippen LogP contribution in [0.15, 0.2) is 18.5 Å². The molecule has 1 unspecified atom stereocenters. The van der Waals surface area contributed by atoms with E-state index in [0.29, 0.717) is 0 Å². The quantitative estimate of drug-likeness (QED) is 0.943. The molecule has 2 heterocycles. The van der Waals surface area contributed by atoms with Gasteiger partial charge in [0.15, 0.2) is 0 Å². The van der Waals surface area contributed by atoms with Crippen LogP contribution in [-0.2, 0) is 26.4 Å². The van der Waals surface area contributed by atoms with Gasteiger partial charge in [0.1, 0.15) is 5.82 Å². The molecule has 0 saturated carbocycles. The lowest BCUT2D eigenvalue weighted by Gasteiger charge is -2.34. The summed E-state index contributed by atoms with van der Waals surface area (Å²) in [5, 5.41) is 10.4. The molecule has 1 aliphatic rings. The fourth-order valence-corrected chi connectivity index (χ4v) is 3.56. The molecule has 1 aliphatic carbocycles. The Balaban J connectivity index is 1.88. The van der Waals surface area contributed by atoms with Gasteiger partial charge in [0.25, 0.3) is 0 Å². The smallest absolute Gasteiger partial charge is 0.110 e. The van der Waals surface area contributed by atoms with Crippen LogP contribution in [0.25, 0.3) is 0 Å². The molecule has 4 nitrogen and oxygen atoms in total. The van der Waals surface area contributed by atoms with E-state index in [0.717, 1.165) is 37.2 Å². The highest BCUT2D eigenvalue weighted by molar-refractivity contribution is 5.33. The van der Waals surface area contributed by atoms with E-state index in [1.165, 1.54) is 11.4 Å². The number of aliphatic hydroxyl groups is 1. The number of hydrogen-bond acceptors (Lipinski definition) is 2. The lowest BCUT2D eigenvalue weighted by atomic mass is 9.75. The Bertz CT molecular complexity index is 651. The lowest BCUT2D eigenvalue weighted by molar-refractivity contribution is 0.0979. The minimum Gasteiger partial charge on any atom is -0.388 e. The molecule has 0 aromatic carbocycles. The summed E-state index contributed by atoms with van der Waals surface area (Å²) in [5.74, 6) is 1.10. The van der Waals surface area contributed by atoms with E-state index < -0.39 is 0 Å². The molecule has 1 N–H and O–H groups in total. The highest BCUT2D eigenvalue weighted by atomic mass is 16.3. The Labute approximate surface area is 126 Å². The second-order valence-corrected chi connectivity index (χ2v) is 7.10. The van der Waals surface area contributed by atoms with Crippen molar-refractivity contribution in [3.8, 4) is 0 Å². The number of rotatable bonds is 3. The van der Waals surface area contributed by atoms with Gasteiger partial charge < -0.3 is 14.2 Å². The average molecular weight is 287 g/mol. The minimum atomic E-state index is -0.322. The Hall–Kier alpha value is -1.55. The van der Waals surface area contributed by atoms with Crippen molar-refractivity contribution in [2.24, 2.45) is 12.5 Å².